The maximum atomic E-state index is 12.4. The molecule has 8 heteroatoms. The Kier molecular flexibility index (Phi) is 4.64. The highest BCUT2D eigenvalue weighted by atomic mass is 35.5. The predicted octanol–water partition coefficient (Wildman–Crippen LogP) is 1.67. The number of rotatable bonds is 4. The first-order chi connectivity index (χ1) is 9.93. The lowest BCUT2D eigenvalue weighted by molar-refractivity contribution is -0.383. The summed E-state index contributed by atoms with van der Waals surface area (Å²) in [5, 5.41) is 19.8. The van der Waals surface area contributed by atoms with Crippen molar-refractivity contribution >= 4 is 28.9 Å². The number of likely N-dealkylation sites (tertiary alicyclic amines) is 1. The lowest BCUT2D eigenvalue weighted by atomic mass is 10.1. The monoisotopic (exact) mass is 313 g/mol. The number of aliphatic hydroxyl groups is 1. The molecule has 1 atom stereocenters. The van der Waals surface area contributed by atoms with E-state index in [1.807, 2.05) is 0 Å². The van der Waals surface area contributed by atoms with Gasteiger partial charge in [-0.05, 0) is 24.8 Å². The molecule has 1 unspecified atom stereocenters. The van der Waals surface area contributed by atoms with Gasteiger partial charge in [-0.15, -0.1) is 0 Å². The van der Waals surface area contributed by atoms with Crippen molar-refractivity contribution in [3.05, 3.63) is 32.8 Å². The number of nitro groups is 1. The summed E-state index contributed by atoms with van der Waals surface area (Å²) in [6.45, 7) is 1.19. The summed E-state index contributed by atoms with van der Waals surface area (Å²) in [6, 6.07) is 2.51. The van der Waals surface area contributed by atoms with Crippen LogP contribution in [0.3, 0.4) is 0 Å². The van der Waals surface area contributed by atoms with Crippen LogP contribution in [-0.2, 0) is 0 Å². The first kappa shape index (κ1) is 15.5. The Balaban J connectivity index is 2.22. The fraction of sp³-hybridized carbons (Fsp3) is 0.462. The number of hydrogen-bond acceptors (Lipinski definition) is 5. The minimum Gasteiger partial charge on any atom is -0.396 e. The van der Waals surface area contributed by atoms with Gasteiger partial charge in [-0.25, -0.2) is 0 Å². The Morgan fingerprint density at radius 1 is 1.57 bits per heavy atom. The molecule has 1 aliphatic heterocycles. The van der Waals surface area contributed by atoms with Crippen LogP contribution >= 0.6 is 11.6 Å². The van der Waals surface area contributed by atoms with Gasteiger partial charge in [-0.1, -0.05) is 11.6 Å². The summed E-state index contributed by atoms with van der Waals surface area (Å²) in [5.41, 5.74) is 5.19. The maximum Gasteiger partial charge on any atom is 0.294 e. The quantitative estimate of drug-likeness (QED) is 0.499. The number of aliphatic hydroxyl groups excluding tert-OH is 1. The van der Waals surface area contributed by atoms with E-state index in [1.165, 1.54) is 6.07 Å². The molecule has 1 amide bonds. The second-order valence-electron chi connectivity index (χ2n) is 5.07. The van der Waals surface area contributed by atoms with Gasteiger partial charge in [-0.3, -0.25) is 14.9 Å². The number of anilines is 1. The van der Waals surface area contributed by atoms with E-state index in [9.17, 15) is 14.9 Å². The summed E-state index contributed by atoms with van der Waals surface area (Å²) in [5.74, 6) is -0.0429. The third kappa shape index (κ3) is 3.25. The van der Waals surface area contributed by atoms with Gasteiger partial charge in [0.15, 0.2) is 0 Å². The zero-order valence-electron chi connectivity index (χ0n) is 11.3. The SMILES string of the molecule is Nc1c(Cl)cc(C(=O)N2CCC(CCO)C2)cc1[N+](=O)[O-]. The maximum absolute atomic E-state index is 12.4. The highest BCUT2D eigenvalue weighted by Gasteiger charge is 2.28. The number of nitro benzene ring substituents is 1. The molecule has 0 aliphatic carbocycles. The number of halogens is 1. The number of carbonyl (C=O) groups excluding carboxylic acids is 1. The minimum absolute atomic E-state index is 0.00125. The number of benzene rings is 1. The van der Waals surface area contributed by atoms with Crippen LogP contribution in [0.15, 0.2) is 12.1 Å². The second-order valence-corrected chi connectivity index (χ2v) is 5.47. The molecule has 1 heterocycles. The van der Waals surface area contributed by atoms with Gasteiger partial charge in [-0.2, -0.15) is 0 Å². The van der Waals surface area contributed by atoms with Crippen LogP contribution in [0.4, 0.5) is 11.4 Å². The molecular weight excluding hydrogens is 298 g/mol. The molecule has 21 heavy (non-hydrogen) atoms. The molecule has 1 saturated heterocycles. The molecule has 1 fully saturated rings. The van der Waals surface area contributed by atoms with Crippen LogP contribution in [0.25, 0.3) is 0 Å². The fourth-order valence-electron chi connectivity index (χ4n) is 2.50. The van der Waals surface area contributed by atoms with Crippen molar-refractivity contribution in [1.29, 1.82) is 0 Å². The second kappa shape index (κ2) is 6.28. The van der Waals surface area contributed by atoms with Crippen molar-refractivity contribution in [2.45, 2.75) is 12.8 Å². The number of nitrogens with two attached hydrogens (primary N) is 1. The summed E-state index contributed by atoms with van der Waals surface area (Å²) >= 11 is 5.86. The average molecular weight is 314 g/mol. The van der Waals surface area contributed by atoms with Crippen molar-refractivity contribution in [3.8, 4) is 0 Å². The molecule has 2 rings (SSSR count). The van der Waals surface area contributed by atoms with Crippen LogP contribution in [-0.4, -0.2) is 40.5 Å². The van der Waals surface area contributed by atoms with Gasteiger partial charge < -0.3 is 15.7 Å². The molecule has 3 N–H and O–H groups in total. The third-order valence-corrected chi connectivity index (χ3v) is 3.97. The highest BCUT2D eigenvalue weighted by Crippen LogP contribution is 2.32. The molecule has 0 radical (unpaired) electrons. The molecule has 7 nitrogen and oxygen atoms in total. The summed E-state index contributed by atoms with van der Waals surface area (Å²) in [6.07, 6.45) is 1.46. The Morgan fingerprint density at radius 3 is 2.90 bits per heavy atom. The van der Waals surface area contributed by atoms with Crippen LogP contribution in [0.2, 0.25) is 5.02 Å². The zero-order valence-corrected chi connectivity index (χ0v) is 12.0. The summed E-state index contributed by atoms with van der Waals surface area (Å²) in [4.78, 5) is 24.3. The van der Waals surface area contributed by atoms with Gasteiger partial charge in [0.25, 0.3) is 11.6 Å². The molecular formula is C13H16ClN3O4. The van der Waals surface area contributed by atoms with Crippen LogP contribution < -0.4 is 5.73 Å². The molecule has 0 spiro atoms. The Morgan fingerprint density at radius 2 is 2.29 bits per heavy atom. The van der Waals surface area contributed by atoms with Gasteiger partial charge in [0, 0.05) is 31.3 Å². The van der Waals surface area contributed by atoms with Crippen LogP contribution in [0.5, 0.6) is 0 Å². The molecule has 0 bridgehead atoms. The normalized spacial score (nSPS) is 18.0. The van der Waals surface area contributed by atoms with E-state index < -0.39 is 4.92 Å². The minimum atomic E-state index is -0.656. The van der Waals surface area contributed by atoms with Crippen molar-refractivity contribution in [1.82, 2.24) is 4.90 Å². The van der Waals surface area contributed by atoms with E-state index >= 15 is 0 Å². The van der Waals surface area contributed by atoms with E-state index in [0.717, 1.165) is 12.5 Å². The summed E-state index contributed by atoms with van der Waals surface area (Å²) < 4.78 is 0. The summed E-state index contributed by atoms with van der Waals surface area (Å²) in [7, 11) is 0. The third-order valence-electron chi connectivity index (χ3n) is 3.66. The van der Waals surface area contributed by atoms with Crippen LogP contribution in [0, 0.1) is 16.0 Å². The Bertz CT molecular complexity index is 579. The van der Waals surface area contributed by atoms with E-state index in [1.54, 1.807) is 4.90 Å². The van der Waals surface area contributed by atoms with Crippen LogP contribution in [0.1, 0.15) is 23.2 Å². The first-order valence-corrected chi connectivity index (χ1v) is 6.95. The van der Waals surface area contributed by atoms with E-state index in [0.29, 0.717) is 19.5 Å². The van der Waals surface area contributed by atoms with Gasteiger partial charge in [0.1, 0.15) is 5.69 Å². The largest absolute Gasteiger partial charge is 0.396 e. The van der Waals surface area contributed by atoms with Gasteiger partial charge in [0.2, 0.25) is 0 Å². The standard InChI is InChI=1S/C13H16ClN3O4/c14-10-5-9(6-11(12(10)15)17(20)21)13(19)16-3-1-8(7-16)2-4-18/h5-6,8,18H,1-4,7,15H2. The average Bonchev–Trinajstić information content (AvgIpc) is 2.89. The van der Waals surface area contributed by atoms with E-state index in [4.69, 9.17) is 22.4 Å². The molecule has 1 aromatic rings. The lowest BCUT2D eigenvalue weighted by Crippen LogP contribution is -2.29. The molecule has 0 saturated carbocycles. The van der Waals surface area contributed by atoms with Gasteiger partial charge >= 0.3 is 0 Å². The number of nitrogen functional groups attached to an aromatic ring is 1. The molecule has 114 valence electrons. The van der Waals surface area contributed by atoms with E-state index in [2.05, 4.69) is 0 Å². The zero-order chi connectivity index (χ0) is 15.6. The Labute approximate surface area is 126 Å². The topological polar surface area (TPSA) is 110 Å². The lowest BCUT2D eigenvalue weighted by Gasteiger charge is -2.17. The smallest absolute Gasteiger partial charge is 0.294 e. The van der Waals surface area contributed by atoms with Crippen molar-refractivity contribution in [2.24, 2.45) is 5.92 Å². The first-order valence-electron chi connectivity index (χ1n) is 6.57. The van der Waals surface area contributed by atoms with Crippen molar-refractivity contribution < 1.29 is 14.8 Å². The molecule has 1 aromatic carbocycles. The Hall–Kier alpha value is -1.86. The number of carbonyl (C=O) groups is 1. The fourth-order valence-corrected chi connectivity index (χ4v) is 2.71. The molecule has 1 aliphatic rings. The number of hydrogen-bond donors (Lipinski definition) is 2. The number of nitrogens with zero attached hydrogens (tertiary/aromatic N) is 2. The number of amides is 1. The van der Waals surface area contributed by atoms with Gasteiger partial charge in [0.05, 0.1) is 9.95 Å². The van der Waals surface area contributed by atoms with Crippen molar-refractivity contribution in [3.63, 3.8) is 0 Å². The highest BCUT2D eigenvalue weighted by molar-refractivity contribution is 6.34. The predicted molar refractivity (Wildman–Crippen MR) is 78.2 cm³/mol. The molecule has 0 aromatic heterocycles. The van der Waals surface area contributed by atoms with Crippen molar-refractivity contribution in [2.75, 3.05) is 25.4 Å². The van der Waals surface area contributed by atoms with E-state index in [-0.39, 0.29) is 40.4 Å².